The highest BCUT2D eigenvalue weighted by Gasteiger charge is 2.57. The number of rotatable bonds is 3. The maximum atomic E-state index is 13.4. The molecular weight excluding hydrogens is 460 g/mol. The van der Waals surface area contributed by atoms with Gasteiger partial charge in [-0.3, -0.25) is 9.59 Å². The van der Waals surface area contributed by atoms with Gasteiger partial charge in [0.25, 0.3) is 0 Å². The molecule has 5 heteroatoms. The van der Waals surface area contributed by atoms with Crippen molar-refractivity contribution in [2.45, 2.75) is 33.3 Å². The van der Waals surface area contributed by atoms with Crippen molar-refractivity contribution < 1.29 is 14.3 Å². The molecule has 0 spiro atoms. The minimum atomic E-state index is -1.19. The Morgan fingerprint density at radius 1 is 0.885 bits per heavy atom. The van der Waals surface area contributed by atoms with E-state index >= 15 is 0 Å². The van der Waals surface area contributed by atoms with Crippen LogP contribution in [0.2, 0.25) is 0 Å². The summed E-state index contributed by atoms with van der Waals surface area (Å²) < 4.78 is 7.72. The summed E-state index contributed by atoms with van der Waals surface area (Å²) in [7, 11) is 0. The lowest BCUT2D eigenvalue weighted by molar-refractivity contribution is -0.188. The monoisotopic (exact) mass is 478 g/mol. The highest BCUT2D eigenvalue weighted by molar-refractivity contribution is 9.10. The van der Waals surface area contributed by atoms with Crippen molar-refractivity contribution >= 4 is 43.6 Å². The number of halogens is 2. The molecule has 1 saturated heterocycles. The van der Waals surface area contributed by atoms with E-state index in [0.717, 1.165) is 20.1 Å². The Hall–Kier alpha value is -1.46. The number of hydrogen-bond acceptors (Lipinski definition) is 3. The Labute approximate surface area is 170 Å². The van der Waals surface area contributed by atoms with Crippen LogP contribution in [0.15, 0.2) is 57.5 Å². The lowest BCUT2D eigenvalue weighted by atomic mass is 9.64. The fourth-order valence-electron chi connectivity index (χ4n) is 3.59. The summed E-state index contributed by atoms with van der Waals surface area (Å²) in [6.07, 6.45) is -0.261. The molecule has 1 aliphatic rings. The first-order chi connectivity index (χ1) is 12.1. The number of cyclic esters (lactones) is 1. The zero-order valence-corrected chi connectivity index (χ0v) is 18.1. The van der Waals surface area contributed by atoms with Crippen LogP contribution in [-0.4, -0.2) is 11.8 Å². The van der Waals surface area contributed by atoms with E-state index in [4.69, 9.17) is 4.74 Å². The van der Waals surface area contributed by atoms with Crippen molar-refractivity contribution in [3.8, 4) is 0 Å². The Morgan fingerprint density at radius 2 is 1.38 bits per heavy atom. The third kappa shape index (κ3) is 3.39. The normalized spacial score (nSPS) is 25.0. The minimum absolute atomic E-state index is 0.0860. The molecule has 1 fully saturated rings. The minimum Gasteiger partial charge on any atom is -0.456 e. The summed E-state index contributed by atoms with van der Waals surface area (Å²) in [6, 6.07) is 15.2. The Kier molecular flexibility index (Phi) is 5.15. The predicted octanol–water partition coefficient (Wildman–Crippen LogP) is 5.65. The molecule has 2 aromatic carbocycles. The lowest BCUT2D eigenvalue weighted by Crippen LogP contribution is -2.54. The molecule has 3 nitrogen and oxygen atoms in total. The Bertz CT molecular complexity index is 841. The molecule has 2 aromatic rings. The molecule has 1 aliphatic heterocycles. The summed E-state index contributed by atoms with van der Waals surface area (Å²) >= 11 is 6.81. The van der Waals surface area contributed by atoms with Crippen LogP contribution >= 0.6 is 31.9 Å². The Morgan fingerprint density at radius 3 is 1.92 bits per heavy atom. The fourth-order valence-corrected chi connectivity index (χ4v) is 4.12. The highest BCUT2D eigenvalue weighted by Crippen LogP contribution is 2.49. The maximum absolute atomic E-state index is 13.4. The van der Waals surface area contributed by atoms with E-state index in [1.807, 2.05) is 62.4 Å². The van der Waals surface area contributed by atoms with Crippen molar-refractivity contribution in [2.24, 2.45) is 10.8 Å². The number of benzene rings is 2. The van der Waals surface area contributed by atoms with Crippen LogP contribution in [0.1, 0.15) is 38.0 Å². The van der Waals surface area contributed by atoms with Gasteiger partial charge in [-0.05, 0) is 62.6 Å². The third-order valence-corrected chi connectivity index (χ3v) is 6.12. The van der Waals surface area contributed by atoms with Gasteiger partial charge in [-0.1, -0.05) is 56.1 Å². The largest absolute Gasteiger partial charge is 0.456 e. The molecule has 0 radical (unpaired) electrons. The molecule has 0 aliphatic carbocycles. The van der Waals surface area contributed by atoms with Gasteiger partial charge < -0.3 is 4.74 Å². The molecule has 136 valence electrons. The smallest absolute Gasteiger partial charge is 0.320 e. The third-order valence-electron chi connectivity index (χ3n) is 5.06. The molecule has 1 heterocycles. The molecule has 0 saturated carbocycles. The number of carbonyl (C=O) groups excluding carboxylic acids is 2. The number of Topliss-reactive ketones (excluding diaryl/α,β-unsaturated/α-hetero) is 1. The topological polar surface area (TPSA) is 43.4 Å². The molecular formula is C21H20Br2O3. The summed E-state index contributed by atoms with van der Waals surface area (Å²) in [5, 5.41) is 0. The number of ketones is 1. The van der Waals surface area contributed by atoms with Crippen LogP contribution in [0.3, 0.4) is 0 Å². The first kappa shape index (κ1) is 19.3. The molecule has 0 N–H and O–H groups in total. The molecule has 0 aromatic heterocycles. The second-order valence-corrected chi connectivity index (χ2v) is 9.35. The summed E-state index contributed by atoms with van der Waals surface area (Å²) in [5.74, 6) is -0.547. The molecule has 0 bridgehead atoms. The van der Waals surface area contributed by atoms with E-state index in [1.54, 1.807) is 6.92 Å². The Balaban J connectivity index is 1.94. The molecule has 26 heavy (non-hydrogen) atoms. The van der Waals surface area contributed by atoms with Crippen LogP contribution in [0.5, 0.6) is 0 Å². The molecule has 2 unspecified atom stereocenters. The fraction of sp³-hybridized carbons (Fsp3) is 0.333. The van der Waals surface area contributed by atoms with Gasteiger partial charge >= 0.3 is 5.97 Å². The first-order valence-electron chi connectivity index (χ1n) is 8.40. The maximum Gasteiger partial charge on any atom is 0.320 e. The average Bonchev–Trinajstić information content (AvgIpc) is 2.60. The predicted molar refractivity (Wildman–Crippen MR) is 108 cm³/mol. The number of carbonyl (C=O) groups is 2. The lowest BCUT2D eigenvalue weighted by Gasteiger charge is -2.44. The van der Waals surface area contributed by atoms with E-state index < -0.39 is 22.9 Å². The average molecular weight is 480 g/mol. The quantitative estimate of drug-likeness (QED) is 0.421. The highest BCUT2D eigenvalue weighted by atomic mass is 79.9. The number of esters is 1. The SMILES string of the molecule is CC1(Cc2ccc(Br)cc2)C(=O)OC(c2ccc(Br)cc2)C(C)(C)C1=O. The van der Waals surface area contributed by atoms with Gasteiger partial charge in [0.1, 0.15) is 11.5 Å². The van der Waals surface area contributed by atoms with E-state index in [0.29, 0.717) is 6.42 Å². The second kappa shape index (κ2) is 6.93. The van der Waals surface area contributed by atoms with Crippen molar-refractivity contribution in [1.82, 2.24) is 0 Å². The van der Waals surface area contributed by atoms with Crippen molar-refractivity contribution in [3.63, 3.8) is 0 Å². The van der Waals surface area contributed by atoms with Gasteiger partial charge in [0.2, 0.25) is 0 Å². The summed E-state index contributed by atoms with van der Waals surface area (Å²) in [4.78, 5) is 26.3. The van der Waals surface area contributed by atoms with Crippen molar-refractivity contribution in [3.05, 3.63) is 68.6 Å². The van der Waals surface area contributed by atoms with Gasteiger partial charge in [-0.25, -0.2) is 0 Å². The molecule has 0 amide bonds. The van der Waals surface area contributed by atoms with Crippen LogP contribution < -0.4 is 0 Å². The van der Waals surface area contributed by atoms with Gasteiger partial charge in [0, 0.05) is 8.95 Å². The van der Waals surface area contributed by atoms with E-state index in [-0.39, 0.29) is 5.78 Å². The molecule has 2 atom stereocenters. The van der Waals surface area contributed by atoms with Gasteiger partial charge in [0.15, 0.2) is 5.78 Å². The zero-order valence-electron chi connectivity index (χ0n) is 14.9. The van der Waals surface area contributed by atoms with Crippen molar-refractivity contribution in [2.75, 3.05) is 0 Å². The van der Waals surface area contributed by atoms with Gasteiger partial charge in [-0.15, -0.1) is 0 Å². The first-order valence-corrected chi connectivity index (χ1v) is 9.99. The summed E-state index contributed by atoms with van der Waals surface area (Å²) in [6.45, 7) is 5.40. The number of ether oxygens (including phenoxy) is 1. The van der Waals surface area contributed by atoms with Crippen LogP contribution in [0, 0.1) is 10.8 Å². The zero-order chi connectivity index (χ0) is 19.1. The van der Waals surface area contributed by atoms with Gasteiger partial charge in [-0.2, -0.15) is 0 Å². The van der Waals surface area contributed by atoms with Crippen LogP contribution in [0.4, 0.5) is 0 Å². The van der Waals surface area contributed by atoms with Gasteiger partial charge in [0.05, 0.1) is 5.41 Å². The van der Waals surface area contributed by atoms with Crippen molar-refractivity contribution in [1.29, 1.82) is 0 Å². The summed E-state index contributed by atoms with van der Waals surface area (Å²) in [5.41, 5.74) is -0.251. The molecule has 3 rings (SSSR count). The van der Waals surface area contributed by atoms with E-state index in [1.165, 1.54) is 0 Å². The van der Waals surface area contributed by atoms with E-state index in [9.17, 15) is 9.59 Å². The van der Waals surface area contributed by atoms with Crippen LogP contribution in [-0.2, 0) is 20.7 Å². The van der Waals surface area contributed by atoms with E-state index in [2.05, 4.69) is 31.9 Å². The number of hydrogen-bond donors (Lipinski definition) is 0. The second-order valence-electron chi connectivity index (χ2n) is 7.52. The standard InChI is InChI=1S/C21H20Br2O3/c1-20(2)17(14-6-10-16(23)11-7-14)26-19(25)21(3,18(20)24)12-13-4-8-15(22)9-5-13/h4-11,17H,12H2,1-3H3. The van der Waals surface area contributed by atoms with Crippen LogP contribution in [0.25, 0.3) is 0 Å².